The Balaban J connectivity index is 0.000000175. The number of hydrogen-bond acceptors (Lipinski definition) is 2. The van der Waals surface area contributed by atoms with E-state index in [1.165, 1.54) is 45.3 Å². The van der Waals surface area contributed by atoms with Crippen LogP contribution in [0.15, 0.2) is 0 Å². The van der Waals surface area contributed by atoms with Crippen molar-refractivity contribution in [3.63, 3.8) is 0 Å². The van der Waals surface area contributed by atoms with Crippen LogP contribution >= 0.6 is 0 Å². The van der Waals surface area contributed by atoms with Crippen LogP contribution in [-0.4, -0.2) is 25.7 Å². The van der Waals surface area contributed by atoms with Crippen LogP contribution in [0.4, 0.5) is 0 Å². The first-order valence-corrected chi connectivity index (χ1v) is 5.73. The van der Waals surface area contributed by atoms with Gasteiger partial charge in [-0.1, -0.05) is 19.8 Å². The molecule has 0 aromatic carbocycles. The zero-order valence-corrected chi connectivity index (χ0v) is 9.10. The highest BCUT2D eigenvalue weighted by atomic mass is 15.1. The summed E-state index contributed by atoms with van der Waals surface area (Å²) >= 11 is 0. The van der Waals surface area contributed by atoms with Gasteiger partial charge in [-0.15, -0.1) is 0 Å². The molecule has 2 N–H and O–H groups in total. The average molecular weight is 184 g/mol. The summed E-state index contributed by atoms with van der Waals surface area (Å²) in [4.78, 5) is 0. The van der Waals surface area contributed by atoms with Crippen molar-refractivity contribution in [2.45, 2.75) is 45.6 Å². The molecule has 78 valence electrons. The SMILES string of the molecule is CC1CCCCCNC1.CC1CN1. The van der Waals surface area contributed by atoms with Gasteiger partial charge in [0.05, 0.1) is 0 Å². The molecule has 2 heteroatoms. The van der Waals surface area contributed by atoms with E-state index in [-0.39, 0.29) is 0 Å². The molecule has 0 spiro atoms. The largest absolute Gasteiger partial charge is 0.316 e. The second-order valence-electron chi connectivity index (χ2n) is 4.47. The molecule has 0 saturated carbocycles. The molecule has 2 aliphatic rings. The maximum atomic E-state index is 3.44. The van der Waals surface area contributed by atoms with Crippen molar-refractivity contribution in [3.05, 3.63) is 0 Å². The lowest BCUT2D eigenvalue weighted by atomic mass is 10.0. The molecule has 0 aliphatic carbocycles. The van der Waals surface area contributed by atoms with Crippen molar-refractivity contribution in [3.8, 4) is 0 Å². The van der Waals surface area contributed by atoms with Crippen molar-refractivity contribution in [1.82, 2.24) is 10.6 Å². The molecule has 0 radical (unpaired) electrons. The van der Waals surface area contributed by atoms with Crippen LogP contribution in [0.2, 0.25) is 0 Å². The van der Waals surface area contributed by atoms with Crippen LogP contribution in [0.25, 0.3) is 0 Å². The minimum Gasteiger partial charge on any atom is -0.316 e. The van der Waals surface area contributed by atoms with Gasteiger partial charge in [-0.3, -0.25) is 0 Å². The van der Waals surface area contributed by atoms with E-state index in [4.69, 9.17) is 0 Å². The summed E-state index contributed by atoms with van der Waals surface area (Å²) in [6.45, 7) is 8.21. The van der Waals surface area contributed by atoms with Gasteiger partial charge in [0.15, 0.2) is 0 Å². The molecule has 2 atom stereocenters. The van der Waals surface area contributed by atoms with Crippen LogP contribution < -0.4 is 10.6 Å². The van der Waals surface area contributed by atoms with Crippen molar-refractivity contribution in [1.29, 1.82) is 0 Å². The zero-order valence-electron chi connectivity index (χ0n) is 9.10. The molecule has 0 aromatic rings. The smallest absolute Gasteiger partial charge is 0.0164 e. The first-order chi connectivity index (χ1) is 6.29. The predicted molar refractivity (Wildman–Crippen MR) is 58.0 cm³/mol. The highest BCUT2D eigenvalue weighted by Crippen LogP contribution is 2.10. The van der Waals surface area contributed by atoms with E-state index in [2.05, 4.69) is 24.5 Å². The Bertz CT molecular complexity index is 113. The second kappa shape index (κ2) is 6.39. The monoisotopic (exact) mass is 184 g/mol. The highest BCUT2D eigenvalue weighted by Gasteiger charge is 2.10. The minimum atomic E-state index is 0.833. The van der Waals surface area contributed by atoms with E-state index in [9.17, 15) is 0 Å². The third-order valence-corrected chi connectivity index (χ3v) is 2.66. The van der Waals surface area contributed by atoms with Crippen LogP contribution in [0.5, 0.6) is 0 Å². The van der Waals surface area contributed by atoms with Crippen LogP contribution in [0.3, 0.4) is 0 Å². The molecular formula is C11H24N2. The van der Waals surface area contributed by atoms with E-state index in [0.717, 1.165) is 12.0 Å². The van der Waals surface area contributed by atoms with Crippen LogP contribution in [-0.2, 0) is 0 Å². The van der Waals surface area contributed by atoms with Crippen LogP contribution in [0.1, 0.15) is 39.5 Å². The zero-order chi connectivity index (χ0) is 9.52. The minimum absolute atomic E-state index is 0.833. The predicted octanol–water partition coefficient (Wildman–Crippen LogP) is 1.76. The summed E-state index contributed by atoms with van der Waals surface area (Å²) in [5.74, 6) is 0.908. The fourth-order valence-electron chi connectivity index (χ4n) is 1.49. The maximum absolute atomic E-state index is 3.44. The van der Waals surface area contributed by atoms with Crippen molar-refractivity contribution < 1.29 is 0 Å². The molecule has 2 rings (SSSR count). The molecule has 0 bridgehead atoms. The molecule has 2 heterocycles. The summed E-state index contributed by atoms with van der Waals surface area (Å²) in [7, 11) is 0. The van der Waals surface area contributed by atoms with E-state index >= 15 is 0 Å². The molecule has 2 aliphatic heterocycles. The van der Waals surface area contributed by atoms with E-state index in [1.807, 2.05) is 0 Å². The topological polar surface area (TPSA) is 34.0 Å². The number of hydrogen-bond donors (Lipinski definition) is 2. The van der Waals surface area contributed by atoms with E-state index in [1.54, 1.807) is 0 Å². The molecule has 2 unspecified atom stereocenters. The standard InChI is InChI=1S/C8H17N.C3H7N/c1-8-5-3-2-4-6-9-7-8;1-3-2-4-3/h8-9H,2-7H2,1H3;3-4H,2H2,1H3. The molecule has 0 amide bonds. The Morgan fingerprint density at radius 2 is 1.69 bits per heavy atom. The summed E-state index contributed by atoms with van der Waals surface area (Å²) in [6.07, 6.45) is 5.68. The van der Waals surface area contributed by atoms with Gasteiger partial charge in [0.25, 0.3) is 0 Å². The van der Waals surface area contributed by atoms with Gasteiger partial charge in [0.2, 0.25) is 0 Å². The lowest BCUT2D eigenvalue weighted by molar-refractivity contribution is 0.420. The fourth-order valence-corrected chi connectivity index (χ4v) is 1.49. The summed E-state index contributed by atoms with van der Waals surface area (Å²) in [5.41, 5.74) is 0. The van der Waals surface area contributed by atoms with Crippen molar-refractivity contribution in [2.75, 3.05) is 19.6 Å². The van der Waals surface area contributed by atoms with Gasteiger partial charge in [0.1, 0.15) is 0 Å². The maximum Gasteiger partial charge on any atom is 0.0164 e. The summed E-state index contributed by atoms with van der Waals surface area (Å²) in [5, 5.41) is 6.53. The van der Waals surface area contributed by atoms with Crippen molar-refractivity contribution >= 4 is 0 Å². The normalized spacial score (nSPS) is 33.7. The molecule has 0 aromatic heterocycles. The quantitative estimate of drug-likeness (QED) is 0.563. The van der Waals surface area contributed by atoms with Gasteiger partial charge in [-0.25, -0.2) is 0 Å². The van der Waals surface area contributed by atoms with E-state index in [0.29, 0.717) is 0 Å². The Labute approximate surface area is 82.5 Å². The van der Waals surface area contributed by atoms with Crippen molar-refractivity contribution in [2.24, 2.45) is 5.92 Å². The van der Waals surface area contributed by atoms with Gasteiger partial charge < -0.3 is 10.6 Å². The molecule has 2 saturated heterocycles. The number of nitrogens with one attached hydrogen (secondary N) is 2. The molecule has 2 fully saturated rings. The van der Waals surface area contributed by atoms with Gasteiger partial charge in [-0.2, -0.15) is 0 Å². The molecular weight excluding hydrogens is 160 g/mol. The fraction of sp³-hybridized carbons (Fsp3) is 1.00. The Morgan fingerprint density at radius 3 is 2.31 bits per heavy atom. The Kier molecular flexibility index (Phi) is 5.40. The highest BCUT2D eigenvalue weighted by molar-refractivity contribution is 4.76. The van der Waals surface area contributed by atoms with E-state index < -0.39 is 0 Å². The summed E-state index contributed by atoms with van der Waals surface area (Å²) < 4.78 is 0. The third kappa shape index (κ3) is 7.03. The van der Waals surface area contributed by atoms with Gasteiger partial charge in [0, 0.05) is 12.6 Å². The average Bonchev–Trinajstić information content (AvgIpc) is 2.81. The lowest BCUT2D eigenvalue weighted by Gasteiger charge is -2.15. The summed E-state index contributed by atoms with van der Waals surface area (Å²) in [6, 6.07) is 0.833. The molecule has 13 heavy (non-hydrogen) atoms. The van der Waals surface area contributed by atoms with Crippen LogP contribution in [0, 0.1) is 5.92 Å². The lowest BCUT2D eigenvalue weighted by Crippen LogP contribution is -2.24. The Morgan fingerprint density at radius 1 is 1.00 bits per heavy atom. The molecule has 2 nitrogen and oxygen atoms in total. The number of rotatable bonds is 0. The second-order valence-corrected chi connectivity index (χ2v) is 4.47. The van der Waals surface area contributed by atoms with Gasteiger partial charge >= 0.3 is 0 Å². The first kappa shape index (κ1) is 11.0. The Hall–Kier alpha value is -0.0800. The third-order valence-electron chi connectivity index (χ3n) is 2.66. The first-order valence-electron chi connectivity index (χ1n) is 5.73. The van der Waals surface area contributed by atoms with Gasteiger partial charge in [-0.05, 0) is 38.8 Å².